The summed E-state index contributed by atoms with van der Waals surface area (Å²) < 4.78 is 28.5. The molecule has 0 bridgehead atoms. The van der Waals surface area contributed by atoms with Gasteiger partial charge >= 0.3 is 7.60 Å². The Kier molecular flexibility index (Phi) is 6.33. The van der Waals surface area contributed by atoms with E-state index < -0.39 is 7.60 Å². The number of benzene rings is 1. The largest absolute Gasteiger partial charge is 0.507 e. The molecule has 0 radical (unpaired) electrons. The smallest absolute Gasteiger partial charge is 0.335 e. The molecule has 1 aromatic carbocycles. The van der Waals surface area contributed by atoms with Crippen molar-refractivity contribution >= 4 is 23.5 Å². The highest BCUT2D eigenvalue weighted by Crippen LogP contribution is 2.53. The number of hydrogen-bond acceptors (Lipinski definition) is 5. The van der Waals surface area contributed by atoms with Crippen molar-refractivity contribution in [3.63, 3.8) is 0 Å². The van der Waals surface area contributed by atoms with E-state index in [0.29, 0.717) is 29.0 Å². The van der Waals surface area contributed by atoms with Crippen LogP contribution < -0.4 is 4.74 Å². The van der Waals surface area contributed by atoms with Gasteiger partial charge in [0.2, 0.25) is 0 Å². The first-order valence-corrected chi connectivity index (χ1v) is 8.41. The molecule has 0 amide bonds. The molecular weight excluding hydrogens is 335 g/mol. The Balaban J connectivity index is 3.08. The third-order valence-corrected chi connectivity index (χ3v) is 5.30. The molecule has 5 nitrogen and oxygen atoms in total. The molecule has 1 aromatic rings. The lowest BCUT2D eigenvalue weighted by Crippen LogP contribution is -2.00. The maximum atomic E-state index is 12.5. The van der Waals surface area contributed by atoms with Crippen molar-refractivity contribution in [1.29, 1.82) is 0 Å². The standard InChI is InChI=1S/C12H18BrO5P/c1-4-17-19(15,18-5-2)8-9-6-10(16-3)7-11(14)12(9)13/h6-7,14H,4-5,8H2,1-3H3. The van der Waals surface area contributed by atoms with Gasteiger partial charge in [-0.1, -0.05) is 0 Å². The summed E-state index contributed by atoms with van der Waals surface area (Å²) >= 11 is 3.26. The number of phenols is 1. The normalized spacial score (nSPS) is 11.6. The molecule has 0 saturated heterocycles. The predicted octanol–water partition coefficient (Wildman–Crippen LogP) is 3.93. The molecule has 19 heavy (non-hydrogen) atoms. The van der Waals surface area contributed by atoms with Crippen LogP contribution in [0.1, 0.15) is 19.4 Å². The van der Waals surface area contributed by atoms with E-state index in [1.54, 1.807) is 19.9 Å². The molecule has 0 aliphatic heterocycles. The number of aromatic hydroxyl groups is 1. The van der Waals surface area contributed by atoms with Gasteiger partial charge in [0.1, 0.15) is 11.5 Å². The average molecular weight is 353 g/mol. The van der Waals surface area contributed by atoms with Crippen molar-refractivity contribution < 1.29 is 23.5 Å². The Morgan fingerprint density at radius 2 is 1.84 bits per heavy atom. The third kappa shape index (κ3) is 4.49. The molecule has 0 aliphatic rings. The Morgan fingerprint density at radius 1 is 1.26 bits per heavy atom. The van der Waals surface area contributed by atoms with Crippen molar-refractivity contribution in [2.75, 3.05) is 20.3 Å². The molecular formula is C12H18BrO5P. The van der Waals surface area contributed by atoms with Crippen LogP contribution in [0.15, 0.2) is 16.6 Å². The van der Waals surface area contributed by atoms with Gasteiger partial charge in [-0.15, -0.1) is 0 Å². The molecule has 0 saturated carbocycles. The number of halogens is 1. The SMILES string of the molecule is CCOP(=O)(Cc1cc(OC)cc(O)c1Br)OCC. The first kappa shape index (κ1) is 16.5. The van der Waals surface area contributed by atoms with E-state index in [1.807, 2.05) is 0 Å². The van der Waals surface area contributed by atoms with Crippen molar-refractivity contribution in [2.45, 2.75) is 20.0 Å². The van der Waals surface area contributed by atoms with Crippen molar-refractivity contribution in [2.24, 2.45) is 0 Å². The molecule has 0 spiro atoms. The maximum absolute atomic E-state index is 12.5. The van der Waals surface area contributed by atoms with E-state index in [4.69, 9.17) is 13.8 Å². The van der Waals surface area contributed by atoms with Gasteiger partial charge in [-0.25, -0.2) is 0 Å². The summed E-state index contributed by atoms with van der Waals surface area (Å²) in [6, 6.07) is 3.16. The highest BCUT2D eigenvalue weighted by Gasteiger charge is 2.26. The summed E-state index contributed by atoms with van der Waals surface area (Å²) in [5.74, 6) is 0.504. The van der Waals surface area contributed by atoms with Crippen LogP contribution in [-0.4, -0.2) is 25.4 Å². The summed E-state index contributed by atoms with van der Waals surface area (Å²) in [7, 11) is -1.72. The second-order valence-electron chi connectivity index (χ2n) is 3.72. The van der Waals surface area contributed by atoms with Crippen LogP contribution in [0, 0.1) is 0 Å². The Labute approximate surface area is 121 Å². The van der Waals surface area contributed by atoms with E-state index in [9.17, 15) is 9.67 Å². The first-order valence-electron chi connectivity index (χ1n) is 5.89. The Hall–Kier alpha value is -0.550. The summed E-state index contributed by atoms with van der Waals surface area (Å²) in [6.45, 7) is 4.10. The lowest BCUT2D eigenvalue weighted by molar-refractivity contribution is 0.219. The van der Waals surface area contributed by atoms with Crippen LogP contribution in [-0.2, 0) is 19.8 Å². The highest BCUT2D eigenvalue weighted by molar-refractivity contribution is 9.10. The van der Waals surface area contributed by atoms with Gasteiger partial charge in [-0.05, 0) is 41.4 Å². The third-order valence-electron chi connectivity index (χ3n) is 2.35. The molecule has 0 fully saturated rings. The topological polar surface area (TPSA) is 65.0 Å². The summed E-state index contributed by atoms with van der Waals surface area (Å²) in [5, 5.41) is 9.77. The van der Waals surface area contributed by atoms with E-state index >= 15 is 0 Å². The summed E-state index contributed by atoms with van der Waals surface area (Å²) in [5.41, 5.74) is 0.613. The van der Waals surface area contributed by atoms with Gasteiger partial charge in [-0.3, -0.25) is 4.57 Å². The average Bonchev–Trinajstić information content (AvgIpc) is 2.35. The van der Waals surface area contributed by atoms with E-state index in [1.165, 1.54) is 13.2 Å². The fraction of sp³-hybridized carbons (Fsp3) is 0.500. The number of rotatable bonds is 7. The zero-order valence-corrected chi connectivity index (χ0v) is 13.7. The number of methoxy groups -OCH3 is 1. The van der Waals surface area contributed by atoms with Gasteiger partial charge in [0.05, 0.1) is 31.0 Å². The van der Waals surface area contributed by atoms with Gasteiger partial charge in [0, 0.05) is 6.07 Å². The molecule has 108 valence electrons. The van der Waals surface area contributed by atoms with Crippen LogP contribution >= 0.6 is 23.5 Å². The molecule has 7 heteroatoms. The Morgan fingerprint density at radius 3 is 2.32 bits per heavy atom. The number of hydrogen-bond donors (Lipinski definition) is 1. The van der Waals surface area contributed by atoms with E-state index in [2.05, 4.69) is 15.9 Å². The molecule has 0 aromatic heterocycles. The molecule has 0 unspecified atom stereocenters. The Bertz CT molecular complexity index is 467. The second-order valence-corrected chi connectivity index (χ2v) is 6.57. The number of phenolic OH excluding ortho intramolecular Hbond substituents is 1. The van der Waals surface area contributed by atoms with E-state index in [-0.39, 0.29) is 11.9 Å². The molecule has 0 heterocycles. The minimum Gasteiger partial charge on any atom is -0.507 e. The monoisotopic (exact) mass is 352 g/mol. The number of ether oxygens (including phenoxy) is 1. The lowest BCUT2D eigenvalue weighted by atomic mass is 10.2. The molecule has 0 aliphatic carbocycles. The van der Waals surface area contributed by atoms with Crippen LogP contribution in [0.2, 0.25) is 0 Å². The maximum Gasteiger partial charge on any atom is 0.335 e. The quantitative estimate of drug-likeness (QED) is 0.753. The zero-order valence-electron chi connectivity index (χ0n) is 11.2. The lowest BCUT2D eigenvalue weighted by Gasteiger charge is -2.18. The second kappa shape index (κ2) is 7.29. The van der Waals surface area contributed by atoms with Crippen LogP contribution in [0.5, 0.6) is 11.5 Å². The minimum absolute atomic E-state index is 0.0221. The summed E-state index contributed by atoms with van der Waals surface area (Å²) in [4.78, 5) is 0. The molecule has 1 rings (SSSR count). The van der Waals surface area contributed by atoms with Crippen LogP contribution in [0.3, 0.4) is 0 Å². The minimum atomic E-state index is -3.22. The van der Waals surface area contributed by atoms with Crippen LogP contribution in [0.4, 0.5) is 0 Å². The summed E-state index contributed by atoms with van der Waals surface area (Å²) in [6.07, 6.45) is 0.0695. The van der Waals surface area contributed by atoms with E-state index in [0.717, 1.165) is 0 Å². The fourth-order valence-corrected chi connectivity index (χ4v) is 3.90. The molecule has 1 N–H and O–H groups in total. The van der Waals surface area contributed by atoms with Gasteiger partial charge in [0.15, 0.2) is 0 Å². The zero-order chi connectivity index (χ0) is 14.5. The highest BCUT2D eigenvalue weighted by atomic mass is 79.9. The van der Waals surface area contributed by atoms with Crippen molar-refractivity contribution in [3.8, 4) is 11.5 Å². The fourth-order valence-electron chi connectivity index (χ4n) is 1.60. The van der Waals surface area contributed by atoms with Gasteiger partial charge < -0.3 is 18.9 Å². The van der Waals surface area contributed by atoms with Gasteiger partial charge in [-0.2, -0.15) is 0 Å². The van der Waals surface area contributed by atoms with Crippen molar-refractivity contribution in [1.82, 2.24) is 0 Å². The molecule has 0 atom stereocenters. The van der Waals surface area contributed by atoms with Gasteiger partial charge in [0.25, 0.3) is 0 Å². The first-order chi connectivity index (χ1) is 8.95. The van der Waals surface area contributed by atoms with Crippen molar-refractivity contribution in [3.05, 3.63) is 22.2 Å². The van der Waals surface area contributed by atoms with Crippen LogP contribution in [0.25, 0.3) is 0 Å². The predicted molar refractivity (Wildman–Crippen MR) is 76.9 cm³/mol.